The average molecular weight is 365 g/mol. The summed E-state index contributed by atoms with van der Waals surface area (Å²) in [5.74, 6) is -1.26. The van der Waals surface area contributed by atoms with E-state index in [4.69, 9.17) is 5.11 Å². The number of hydrogen-bond donors (Lipinski definition) is 1. The Kier molecular flexibility index (Phi) is 5.54. The van der Waals surface area contributed by atoms with Gasteiger partial charge < -0.3 is 10.0 Å². The number of carboxylic acids is 1. The van der Waals surface area contributed by atoms with Gasteiger partial charge in [0.05, 0.1) is 18.2 Å². The monoisotopic (exact) mass is 365 g/mol. The van der Waals surface area contributed by atoms with E-state index in [1.165, 1.54) is 5.01 Å². The van der Waals surface area contributed by atoms with Gasteiger partial charge in [0.2, 0.25) is 5.91 Å². The molecule has 1 amide bonds. The molecule has 1 heterocycles. The molecule has 3 rings (SSSR count). The van der Waals surface area contributed by atoms with Crippen molar-refractivity contribution in [3.8, 4) is 0 Å². The Morgan fingerprint density at radius 2 is 1.74 bits per heavy atom. The quantitative estimate of drug-likeness (QED) is 0.852. The fourth-order valence-electron chi connectivity index (χ4n) is 3.13. The highest BCUT2D eigenvalue weighted by Gasteiger charge is 2.32. The van der Waals surface area contributed by atoms with Gasteiger partial charge in [-0.05, 0) is 23.3 Å². The smallest absolute Gasteiger partial charge is 0.303 e. The molecule has 0 aromatic heterocycles. The normalized spacial score (nSPS) is 16.1. The van der Waals surface area contributed by atoms with Crippen molar-refractivity contribution < 1.29 is 14.7 Å². The lowest BCUT2D eigenvalue weighted by Gasteiger charge is -2.21. The van der Waals surface area contributed by atoms with Gasteiger partial charge in [0.15, 0.2) is 0 Å². The van der Waals surface area contributed by atoms with Gasteiger partial charge in [0.1, 0.15) is 0 Å². The molecule has 0 radical (unpaired) electrons. The van der Waals surface area contributed by atoms with Gasteiger partial charge in [0, 0.05) is 32.6 Å². The molecule has 0 saturated carbocycles. The Morgan fingerprint density at radius 3 is 2.33 bits per heavy atom. The predicted molar refractivity (Wildman–Crippen MR) is 105 cm³/mol. The zero-order valence-electron chi connectivity index (χ0n) is 15.5. The van der Waals surface area contributed by atoms with Crippen molar-refractivity contribution in [2.75, 3.05) is 19.0 Å². The van der Waals surface area contributed by atoms with Crippen LogP contribution in [0.3, 0.4) is 0 Å². The van der Waals surface area contributed by atoms with Gasteiger partial charge in [-0.15, -0.1) is 0 Å². The predicted octanol–water partition coefficient (Wildman–Crippen LogP) is 3.30. The number of rotatable bonds is 6. The molecule has 2 aromatic rings. The van der Waals surface area contributed by atoms with Crippen molar-refractivity contribution in [2.24, 2.45) is 5.10 Å². The molecule has 1 aliphatic heterocycles. The third kappa shape index (κ3) is 4.34. The summed E-state index contributed by atoms with van der Waals surface area (Å²) >= 11 is 0. The summed E-state index contributed by atoms with van der Waals surface area (Å²) in [5.41, 5.74) is 3.88. The van der Waals surface area contributed by atoms with Crippen LogP contribution in [0.2, 0.25) is 0 Å². The van der Waals surface area contributed by atoms with E-state index in [0.29, 0.717) is 6.42 Å². The van der Waals surface area contributed by atoms with Gasteiger partial charge in [-0.2, -0.15) is 5.10 Å². The Morgan fingerprint density at radius 1 is 1.07 bits per heavy atom. The lowest BCUT2D eigenvalue weighted by Crippen LogP contribution is -2.27. The Hall–Kier alpha value is -3.15. The SMILES string of the molecule is CN(C)c1ccc(C2=NN(C(=O)CCC(=O)O)C(c3ccccc3)C2)cc1. The lowest BCUT2D eigenvalue weighted by atomic mass is 9.98. The highest BCUT2D eigenvalue weighted by atomic mass is 16.4. The summed E-state index contributed by atoms with van der Waals surface area (Å²) in [4.78, 5) is 25.5. The first-order chi connectivity index (χ1) is 13.0. The standard InChI is InChI=1S/C21H23N3O3/c1-23(2)17-10-8-15(9-11-17)18-14-19(16-6-4-3-5-7-16)24(22-18)20(25)12-13-21(26)27/h3-11,19H,12-14H2,1-2H3,(H,26,27). The molecular weight excluding hydrogens is 342 g/mol. The maximum atomic E-state index is 12.6. The number of amides is 1. The van der Waals surface area contributed by atoms with E-state index in [-0.39, 0.29) is 24.8 Å². The van der Waals surface area contributed by atoms with Crippen molar-refractivity contribution >= 4 is 23.3 Å². The molecule has 1 N–H and O–H groups in total. The van der Waals surface area contributed by atoms with Crippen LogP contribution in [0.25, 0.3) is 0 Å². The number of benzene rings is 2. The highest BCUT2D eigenvalue weighted by Crippen LogP contribution is 2.33. The minimum absolute atomic E-state index is 0.0605. The molecular formula is C21H23N3O3. The topological polar surface area (TPSA) is 73.2 Å². The molecule has 0 bridgehead atoms. The van der Waals surface area contributed by atoms with E-state index in [2.05, 4.69) is 5.10 Å². The van der Waals surface area contributed by atoms with Crippen molar-refractivity contribution in [1.82, 2.24) is 5.01 Å². The number of aliphatic carboxylic acids is 1. The van der Waals surface area contributed by atoms with Crippen LogP contribution in [0, 0.1) is 0 Å². The summed E-state index contributed by atoms with van der Waals surface area (Å²) in [7, 11) is 3.97. The molecule has 1 aliphatic rings. The van der Waals surface area contributed by atoms with E-state index in [9.17, 15) is 9.59 Å². The summed E-state index contributed by atoms with van der Waals surface area (Å²) in [6.45, 7) is 0. The first kappa shape index (κ1) is 18.6. The van der Waals surface area contributed by atoms with Gasteiger partial charge in [-0.25, -0.2) is 5.01 Å². The van der Waals surface area contributed by atoms with Crippen LogP contribution in [0.5, 0.6) is 0 Å². The number of hydrogen-bond acceptors (Lipinski definition) is 4. The van der Waals surface area contributed by atoms with E-state index in [0.717, 1.165) is 22.5 Å². The number of hydrazone groups is 1. The molecule has 27 heavy (non-hydrogen) atoms. The first-order valence-electron chi connectivity index (χ1n) is 8.89. The molecule has 0 aliphatic carbocycles. The molecule has 140 valence electrons. The molecule has 0 spiro atoms. The minimum Gasteiger partial charge on any atom is -0.481 e. The second-order valence-corrected chi connectivity index (χ2v) is 6.75. The van der Waals surface area contributed by atoms with Gasteiger partial charge in [-0.1, -0.05) is 42.5 Å². The highest BCUT2D eigenvalue weighted by molar-refractivity contribution is 6.03. The third-order valence-corrected chi connectivity index (χ3v) is 4.62. The largest absolute Gasteiger partial charge is 0.481 e. The second-order valence-electron chi connectivity index (χ2n) is 6.75. The van der Waals surface area contributed by atoms with Gasteiger partial charge >= 0.3 is 5.97 Å². The summed E-state index contributed by atoms with van der Waals surface area (Å²) in [5, 5.41) is 14.9. The van der Waals surface area contributed by atoms with Crippen LogP contribution < -0.4 is 4.90 Å². The zero-order valence-corrected chi connectivity index (χ0v) is 15.5. The van der Waals surface area contributed by atoms with Crippen LogP contribution in [-0.2, 0) is 9.59 Å². The molecule has 1 atom stereocenters. The molecule has 0 saturated heterocycles. The second kappa shape index (κ2) is 8.03. The number of carboxylic acid groups (broad SMARTS) is 1. The van der Waals surface area contributed by atoms with Crippen LogP contribution >= 0.6 is 0 Å². The fraction of sp³-hybridized carbons (Fsp3) is 0.286. The maximum Gasteiger partial charge on any atom is 0.303 e. The summed E-state index contributed by atoms with van der Waals surface area (Å²) in [6, 6.07) is 17.5. The average Bonchev–Trinajstić information content (AvgIpc) is 3.12. The fourth-order valence-corrected chi connectivity index (χ4v) is 3.13. The van der Waals surface area contributed by atoms with Crippen LogP contribution in [0.4, 0.5) is 5.69 Å². The van der Waals surface area contributed by atoms with E-state index < -0.39 is 5.97 Å². The number of carbonyl (C=O) groups is 2. The van der Waals surface area contributed by atoms with Crippen molar-refractivity contribution in [2.45, 2.75) is 25.3 Å². The van der Waals surface area contributed by atoms with Crippen LogP contribution in [0.1, 0.15) is 36.4 Å². The van der Waals surface area contributed by atoms with E-state index in [1.54, 1.807) is 0 Å². The molecule has 0 fully saturated rings. The number of nitrogens with zero attached hydrogens (tertiary/aromatic N) is 3. The molecule has 1 unspecified atom stereocenters. The Bertz CT molecular complexity index is 845. The van der Waals surface area contributed by atoms with Crippen molar-refractivity contribution in [3.05, 3.63) is 65.7 Å². The number of carbonyl (C=O) groups excluding carboxylic acids is 1. The van der Waals surface area contributed by atoms with Gasteiger partial charge in [0.25, 0.3) is 0 Å². The van der Waals surface area contributed by atoms with E-state index in [1.807, 2.05) is 73.6 Å². The van der Waals surface area contributed by atoms with E-state index >= 15 is 0 Å². The minimum atomic E-state index is -0.984. The summed E-state index contributed by atoms with van der Waals surface area (Å²) < 4.78 is 0. The van der Waals surface area contributed by atoms with Crippen molar-refractivity contribution in [1.29, 1.82) is 0 Å². The zero-order chi connectivity index (χ0) is 19.4. The molecule has 2 aromatic carbocycles. The lowest BCUT2D eigenvalue weighted by molar-refractivity contribution is -0.141. The van der Waals surface area contributed by atoms with Crippen molar-refractivity contribution in [3.63, 3.8) is 0 Å². The van der Waals surface area contributed by atoms with Crippen LogP contribution in [-0.4, -0.2) is 41.8 Å². The maximum absolute atomic E-state index is 12.6. The number of anilines is 1. The first-order valence-corrected chi connectivity index (χ1v) is 8.89. The third-order valence-electron chi connectivity index (χ3n) is 4.62. The Balaban J connectivity index is 1.87. The molecule has 6 nitrogen and oxygen atoms in total. The Labute approximate surface area is 158 Å². The van der Waals surface area contributed by atoms with Crippen LogP contribution in [0.15, 0.2) is 59.7 Å². The summed E-state index contributed by atoms with van der Waals surface area (Å²) in [6.07, 6.45) is 0.346. The van der Waals surface area contributed by atoms with Gasteiger partial charge in [-0.3, -0.25) is 9.59 Å². The molecule has 6 heteroatoms.